The lowest BCUT2D eigenvalue weighted by atomic mass is 10.1. The number of amides is 1. The molecule has 2 aromatic carbocycles. The van der Waals surface area contributed by atoms with E-state index in [1.807, 2.05) is 6.07 Å². The molecule has 1 amide bonds. The average molecular weight is 395 g/mol. The highest BCUT2D eigenvalue weighted by atomic mass is 32.2. The van der Waals surface area contributed by atoms with Gasteiger partial charge in [-0.2, -0.15) is 8.78 Å². The van der Waals surface area contributed by atoms with Crippen molar-refractivity contribution < 1.29 is 26.7 Å². The van der Waals surface area contributed by atoms with Gasteiger partial charge in [0, 0.05) is 13.1 Å². The first-order valence-corrected chi connectivity index (χ1v) is 9.94. The van der Waals surface area contributed by atoms with Crippen molar-refractivity contribution in [1.82, 2.24) is 4.90 Å². The van der Waals surface area contributed by atoms with Gasteiger partial charge in [-0.3, -0.25) is 0 Å². The van der Waals surface area contributed by atoms with Crippen molar-refractivity contribution in [2.24, 2.45) is 5.92 Å². The molecule has 5 nitrogen and oxygen atoms in total. The molecule has 1 aliphatic heterocycles. The average Bonchev–Trinajstić information content (AvgIpc) is 3.18. The zero-order valence-corrected chi connectivity index (χ0v) is 15.2. The second kappa shape index (κ2) is 7.64. The fraction of sp³-hybridized carbons (Fsp3) is 0.316. The van der Waals surface area contributed by atoms with Crippen molar-refractivity contribution in [3.05, 3.63) is 66.2 Å². The Bertz CT molecular complexity index is 888. The molecule has 0 bridgehead atoms. The maximum absolute atomic E-state index is 14.7. The molecule has 1 atom stereocenters. The van der Waals surface area contributed by atoms with E-state index in [0.717, 1.165) is 22.6 Å². The van der Waals surface area contributed by atoms with Gasteiger partial charge >= 0.3 is 11.3 Å². The summed E-state index contributed by atoms with van der Waals surface area (Å²) in [6.45, 7) is -0.315. The number of hydrogen-bond acceptors (Lipinski definition) is 4. The second-order valence-electron chi connectivity index (χ2n) is 6.35. The summed E-state index contributed by atoms with van der Waals surface area (Å²) < 4.78 is 59.2. The molecule has 1 aliphatic rings. The molecule has 1 unspecified atom stereocenters. The molecular formula is C19H19F2NO4S. The van der Waals surface area contributed by atoms with Gasteiger partial charge in [0.2, 0.25) is 9.84 Å². The predicted molar refractivity (Wildman–Crippen MR) is 94.9 cm³/mol. The van der Waals surface area contributed by atoms with E-state index in [1.54, 1.807) is 30.3 Å². The maximum atomic E-state index is 14.7. The lowest BCUT2D eigenvalue weighted by Crippen LogP contribution is -2.40. The van der Waals surface area contributed by atoms with Crippen LogP contribution in [-0.2, 0) is 21.2 Å². The van der Waals surface area contributed by atoms with E-state index < -0.39 is 32.0 Å². The highest BCUT2D eigenvalue weighted by Crippen LogP contribution is 2.40. The zero-order chi connectivity index (χ0) is 19.5. The van der Waals surface area contributed by atoms with Crippen LogP contribution in [0.3, 0.4) is 0 Å². The minimum atomic E-state index is -4.84. The van der Waals surface area contributed by atoms with Crippen LogP contribution in [0.4, 0.5) is 13.6 Å². The Morgan fingerprint density at radius 3 is 2.30 bits per heavy atom. The lowest BCUT2D eigenvalue weighted by molar-refractivity contribution is 0.0289. The van der Waals surface area contributed by atoms with Crippen LogP contribution in [0, 0.1) is 5.92 Å². The summed E-state index contributed by atoms with van der Waals surface area (Å²) in [5, 5.41) is -3.97. The number of nitrogens with zero attached hydrogens (tertiary/aromatic N) is 1. The predicted octanol–water partition coefficient (Wildman–Crippen LogP) is 3.71. The number of carbonyl (C=O) groups is 1. The summed E-state index contributed by atoms with van der Waals surface area (Å²) in [5.74, 6) is -1.48. The van der Waals surface area contributed by atoms with Gasteiger partial charge in [-0.05, 0) is 24.1 Å². The Hall–Kier alpha value is -2.48. The molecule has 1 heterocycles. The largest absolute Gasteiger partial charge is 0.445 e. The molecule has 0 aliphatic carbocycles. The van der Waals surface area contributed by atoms with Crippen molar-refractivity contribution in [3.63, 3.8) is 0 Å². The van der Waals surface area contributed by atoms with Gasteiger partial charge in [-0.15, -0.1) is 0 Å². The van der Waals surface area contributed by atoms with Gasteiger partial charge in [0.1, 0.15) is 6.61 Å². The Morgan fingerprint density at radius 2 is 1.67 bits per heavy atom. The van der Waals surface area contributed by atoms with E-state index in [2.05, 4.69) is 0 Å². The Kier molecular flexibility index (Phi) is 5.46. The van der Waals surface area contributed by atoms with Gasteiger partial charge in [0.05, 0.1) is 10.8 Å². The minimum absolute atomic E-state index is 0.0260. The molecule has 0 spiro atoms. The van der Waals surface area contributed by atoms with Crippen molar-refractivity contribution in [1.29, 1.82) is 0 Å². The van der Waals surface area contributed by atoms with E-state index in [9.17, 15) is 22.0 Å². The minimum Gasteiger partial charge on any atom is -0.445 e. The molecule has 0 N–H and O–H groups in total. The van der Waals surface area contributed by atoms with Gasteiger partial charge < -0.3 is 9.64 Å². The third kappa shape index (κ3) is 3.95. The van der Waals surface area contributed by atoms with Crippen LogP contribution in [0.15, 0.2) is 65.6 Å². The number of rotatable bonds is 5. The lowest BCUT2D eigenvalue weighted by Gasteiger charge is -2.23. The number of sulfone groups is 1. The number of carbonyl (C=O) groups excluding carboxylic acids is 1. The van der Waals surface area contributed by atoms with Gasteiger partial charge in [-0.1, -0.05) is 48.5 Å². The van der Waals surface area contributed by atoms with Crippen LogP contribution in [0.2, 0.25) is 0 Å². The summed E-state index contributed by atoms with van der Waals surface area (Å²) in [6.07, 6.45) is -0.839. The van der Waals surface area contributed by atoms with Crippen LogP contribution in [0.5, 0.6) is 0 Å². The third-order valence-corrected chi connectivity index (χ3v) is 6.48. The quantitative estimate of drug-likeness (QED) is 0.774. The molecule has 2 aromatic rings. The molecule has 8 heteroatoms. The van der Waals surface area contributed by atoms with Crippen molar-refractivity contribution in [3.8, 4) is 0 Å². The van der Waals surface area contributed by atoms with E-state index in [4.69, 9.17) is 4.74 Å². The standard InChI is InChI=1S/C19H19F2NO4S/c20-19(21,27(24,25)17-9-5-2-6-10-17)16-11-12-22(13-16)18(23)26-14-15-7-3-1-4-8-15/h1-10,16H,11-14H2. The highest BCUT2D eigenvalue weighted by Gasteiger charge is 2.55. The second-order valence-corrected chi connectivity index (χ2v) is 8.37. The Balaban J connectivity index is 1.65. The number of likely N-dealkylation sites (tertiary alicyclic amines) is 1. The normalized spacial score (nSPS) is 17.7. The number of hydrogen-bond donors (Lipinski definition) is 0. The molecular weight excluding hydrogens is 376 g/mol. The smallest absolute Gasteiger partial charge is 0.410 e. The van der Waals surface area contributed by atoms with Crippen molar-refractivity contribution >= 4 is 15.9 Å². The first kappa shape index (κ1) is 19.3. The van der Waals surface area contributed by atoms with Crippen molar-refractivity contribution in [2.45, 2.75) is 23.2 Å². The number of benzene rings is 2. The van der Waals surface area contributed by atoms with E-state index in [-0.39, 0.29) is 26.1 Å². The molecule has 0 aromatic heterocycles. The summed E-state index contributed by atoms with van der Waals surface area (Å²) in [4.78, 5) is 12.8. The van der Waals surface area contributed by atoms with Gasteiger partial charge in [0.15, 0.2) is 0 Å². The van der Waals surface area contributed by atoms with E-state index in [1.165, 1.54) is 12.1 Å². The van der Waals surface area contributed by atoms with E-state index >= 15 is 0 Å². The van der Waals surface area contributed by atoms with Crippen molar-refractivity contribution in [2.75, 3.05) is 13.1 Å². The molecule has 1 fully saturated rings. The monoisotopic (exact) mass is 395 g/mol. The van der Waals surface area contributed by atoms with Crippen LogP contribution >= 0.6 is 0 Å². The fourth-order valence-corrected chi connectivity index (χ4v) is 4.45. The van der Waals surface area contributed by atoms with Crippen LogP contribution < -0.4 is 0 Å². The van der Waals surface area contributed by atoms with Gasteiger partial charge in [0.25, 0.3) is 0 Å². The fourth-order valence-electron chi connectivity index (χ4n) is 2.99. The Morgan fingerprint density at radius 1 is 1.07 bits per heavy atom. The maximum Gasteiger partial charge on any atom is 0.410 e. The number of halogens is 2. The third-order valence-electron chi connectivity index (χ3n) is 4.54. The molecule has 0 saturated carbocycles. The first-order chi connectivity index (χ1) is 12.8. The van der Waals surface area contributed by atoms with Crippen LogP contribution in [-0.4, -0.2) is 37.8 Å². The molecule has 1 saturated heterocycles. The topological polar surface area (TPSA) is 63.7 Å². The molecule has 3 rings (SSSR count). The SMILES string of the molecule is O=C(OCc1ccccc1)N1CCC(C(F)(F)S(=O)(=O)c2ccccc2)C1. The van der Waals surface area contributed by atoms with E-state index in [0.29, 0.717) is 0 Å². The first-order valence-electron chi connectivity index (χ1n) is 8.45. The number of ether oxygens (including phenoxy) is 1. The van der Waals surface area contributed by atoms with Crippen LogP contribution in [0.25, 0.3) is 0 Å². The summed E-state index contributed by atoms with van der Waals surface area (Å²) in [7, 11) is -4.84. The summed E-state index contributed by atoms with van der Waals surface area (Å²) in [5.41, 5.74) is 0.776. The Labute approximate surface area is 156 Å². The molecule has 0 radical (unpaired) electrons. The molecule has 144 valence electrons. The highest BCUT2D eigenvalue weighted by molar-refractivity contribution is 7.92. The summed E-state index contributed by atoms with van der Waals surface area (Å²) in [6, 6.07) is 15.6. The van der Waals surface area contributed by atoms with Crippen LogP contribution in [0.1, 0.15) is 12.0 Å². The summed E-state index contributed by atoms with van der Waals surface area (Å²) >= 11 is 0. The molecule has 27 heavy (non-hydrogen) atoms. The van der Waals surface area contributed by atoms with Gasteiger partial charge in [-0.25, -0.2) is 13.2 Å². The number of alkyl halides is 2. The zero-order valence-electron chi connectivity index (χ0n) is 14.4.